The Morgan fingerprint density at radius 1 is 1.28 bits per heavy atom. The largest absolute Gasteiger partial charge is 0.315 e. The van der Waals surface area contributed by atoms with Crippen LogP contribution in [-0.4, -0.2) is 30.6 Å². The number of nitrogens with one attached hydrogen (secondary N) is 1. The van der Waals surface area contributed by atoms with E-state index >= 15 is 0 Å². The Bertz CT molecular complexity index is 381. The van der Waals surface area contributed by atoms with Gasteiger partial charge < -0.3 is 5.32 Å². The number of piperidine rings is 1. The van der Waals surface area contributed by atoms with E-state index in [-0.39, 0.29) is 0 Å². The van der Waals surface area contributed by atoms with E-state index in [0.29, 0.717) is 6.04 Å². The number of hydrogen-bond acceptors (Lipinski definition) is 2. The van der Waals surface area contributed by atoms with Gasteiger partial charge in [-0.25, -0.2) is 0 Å². The average molecular weight is 246 g/mol. The van der Waals surface area contributed by atoms with Crippen molar-refractivity contribution >= 4 is 0 Å². The fourth-order valence-electron chi connectivity index (χ4n) is 2.78. The van der Waals surface area contributed by atoms with Crippen molar-refractivity contribution in [2.45, 2.75) is 46.2 Å². The molecule has 1 aromatic carbocycles. The van der Waals surface area contributed by atoms with E-state index in [4.69, 9.17) is 0 Å². The van der Waals surface area contributed by atoms with Crippen LogP contribution in [0.5, 0.6) is 0 Å². The zero-order valence-electron chi connectivity index (χ0n) is 12.0. The molecule has 1 fully saturated rings. The van der Waals surface area contributed by atoms with Crippen molar-refractivity contribution in [1.82, 2.24) is 10.2 Å². The molecule has 1 unspecified atom stereocenters. The number of nitrogens with zero attached hydrogens (tertiary/aromatic N) is 1. The second-order valence-electron chi connectivity index (χ2n) is 5.48. The third-order valence-corrected chi connectivity index (χ3v) is 4.15. The van der Waals surface area contributed by atoms with Crippen molar-refractivity contribution in [1.29, 1.82) is 0 Å². The second kappa shape index (κ2) is 6.35. The van der Waals surface area contributed by atoms with Crippen LogP contribution < -0.4 is 5.32 Å². The highest BCUT2D eigenvalue weighted by Gasteiger charge is 2.19. The van der Waals surface area contributed by atoms with Crippen LogP contribution in [0, 0.1) is 13.8 Å². The van der Waals surface area contributed by atoms with Gasteiger partial charge in [-0.3, -0.25) is 4.90 Å². The van der Waals surface area contributed by atoms with Crippen molar-refractivity contribution in [3.63, 3.8) is 0 Å². The molecule has 2 rings (SSSR count). The van der Waals surface area contributed by atoms with Crippen LogP contribution in [0.25, 0.3) is 0 Å². The van der Waals surface area contributed by atoms with Gasteiger partial charge in [0.25, 0.3) is 0 Å². The van der Waals surface area contributed by atoms with Crippen LogP contribution in [-0.2, 0) is 6.54 Å². The predicted octanol–water partition coefficient (Wildman–Crippen LogP) is 2.88. The maximum Gasteiger partial charge on any atom is 0.0237 e. The van der Waals surface area contributed by atoms with Crippen molar-refractivity contribution < 1.29 is 0 Å². The SMILES string of the molecule is CCN(Cc1ccc(C)c(C)c1)C1CCCNC1. The van der Waals surface area contributed by atoms with Gasteiger partial charge in [-0.1, -0.05) is 25.1 Å². The molecule has 0 aromatic heterocycles. The average Bonchev–Trinajstić information content (AvgIpc) is 2.41. The Kier molecular flexibility index (Phi) is 4.79. The van der Waals surface area contributed by atoms with Crippen LogP contribution >= 0.6 is 0 Å². The minimum Gasteiger partial charge on any atom is -0.315 e. The Morgan fingerprint density at radius 3 is 2.72 bits per heavy atom. The van der Waals surface area contributed by atoms with Gasteiger partial charge in [0.15, 0.2) is 0 Å². The fraction of sp³-hybridized carbons (Fsp3) is 0.625. The normalized spacial score (nSPS) is 20.3. The lowest BCUT2D eigenvalue weighted by Crippen LogP contribution is -2.45. The highest BCUT2D eigenvalue weighted by Crippen LogP contribution is 2.16. The molecule has 1 atom stereocenters. The van der Waals surface area contributed by atoms with Gasteiger partial charge in [-0.05, 0) is 56.5 Å². The first kappa shape index (κ1) is 13.6. The van der Waals surface area contributed by atoms with E-state index in [1.54, 1.807) is 0 Å². The number of likely N-dealkylation sites (N-methyl/N-ethyl adjacent to an activating group) is 1. The summed E-state index contributed by atoms with van der Waals surface area (Å²) in [5.41, 5.74) is 4.25. The molecule has 18 heavy (non-hydrogen) atoms. The van der Waals surface area contributed by atoms with Crippen LogP contribution in [0.15, 0.2) is 18.2 Å². The zero-order valence-corrected chi connectivity index (χ0v) is 12.0. The van der Waals surface area contributed by atoms with Crippen molar-refractivity contribution in [3.05, 3.63) is 34.9 Å². The molecule has 0 amide bonds. The fourth-order valence-corrected chi connectivity index (χ4v) is 2.78. The van der Waals surface area contributed by atoms with Crippen molar-refractivity contribution in [2.24, 2.45) is 0 Å². The second-order valence-corrected chi connectivity index (χ2v) is 5.48. The lowest BCUT2D eigenvalue weighted by Gasteiger charge is -2.34. The Morgan fingerprint density at radius 2 is 2.11 bits per heavy atom. The van der Waals surface area contributed by atoms with E-state index < -0.39 is 0 Å². The van der Waals surface area contributed by atoms with Crippen molar-refractivity contribution in [2.75, 3.05) is 19.6 Å². The number of hydrogen-bond donors (Lipinski definition) is 1. The van der Waals surface area contributed by atoms with Crippen LogP contribution in [0.1, 0.15) is 36.5 Å². The minimum atomic E-state index is 0.713. The Labute approximate surface area is 111 Å². The molecular formula is C16H26N2. The Hall–Kier alpha value is -0.860. The molecule has 1 heterocycles. The van der Waals surface area contributed by atoms with Gasteiger partial charge in [0.05, 0.1) is 0 Å². The maximum absolute atomic E-state index is 3.51. The Balaban J connectivity index is 2.02. The van der Waals surface area contributed by atoms with Gasteiger partial charge in [-0.2, -0.15) is 0 Å². The summed E-state index contributed by atoms with van der Waals surface area (Å²) in [5, 5.41) is 3.51. The summed E-state index contributed by atoms with van der Waals surface area (Å²) < 4.78 is 0. The molecule has 100 valence electrons. The first-order valence-electron chi connectivity index (χ1n) is 7.21. The number of rotatable bonds is 4. The van der Waals surface area contributed by atoms with Crippen LogP contribution in [0.4, 0.5) is 0 Å². The molecule has 1 N–H and O–H groups in total. The lowest BCUT2D eigenvalue weighted by atomic mass is 10.0. The third-order valence-electron chi connectivity index (χ3n) is 4.15. The van der Waals surface area contributed by atoms with E-state index in [1.807, 2.05) is 0 Å². The maximum atomic E-state index is 3.51. The molecule has 2 nitrogen and oxygen atoms in total. The molecule has 2 heteroatoms. The molecule has 1 aliphatic heterocycles. The topological polar surface area (TPSA) is 15.3 Å². The summed E-state index contributed by atoms with van der Waals surface area (Å²) in [7, 11) is 0. The highest BCUT2D eigenvalue weighted by atomic mass is 15.2. The van der Waals surface area contributed by atoms with Gasteiger partial charge in [0, 0.05) is 19.1 Å². The van der Waals surface area contributed by atoms with Crippen LogP contribution in [0.3, 0.4) is 0 Å². The van der Waals surface area contributed by atoms with Crippen LogP contribution in [0.2, 0.25) is 0 Å². The molecule has 0 radical (unpaired) electrons. The van der Waals surface area contributed by atoms with Gasteiger partial charge in [0.2, 0.25) is 0 Å². The number of benzene rings is 1. The highest BCUT2D eigenvalue weighted by molar-refractivity contribution is 5.29. The summed E-state index contributed by atoms with van der Waals surface area (Å²) >= 11 is 0. The quantitative estimate of drug-likeness (QED) is 0.879. The minimum absolute atomic E-state index is 0.713. The summed E-state index contributed by atoms with van der Waals surface area (Å²) in [4.78, 5) is 2.61. The van der Waals surface area contributed by atoms with Gasteiger partial charge in [-0.15, -0.1) is 0 Å². The molecule has 1 aliphatic rings. The van der Waals surface area contributed by atoms with Crippen molar-refractivity contribution in [3.8, 4) is 0 Å². The third kappa shape index (κ3) is 3.33. The monoisotopic (exact) mass is 246 g/mol. The van der Waals surface area contributed by atoms with E-state index in [2.05, 4.69) is 49.2 Å². The number of aryl methyl sites for hydroxylation is 2. The lowest BCUT2D eigenvalue weighted by molar-refractivity contribution is 0.166. The smallest absolute Gasteiger partial charge is 0.0237 e. The standard InChI is InChI=1S/C16H26N2/c1-4-18(16-6-5-9-17-11-16)12-15-8-7-13(2)14(3)10-15/h7-8,10,16-17H,4-6,9,11-12H2,1-3H3. The first-order chi connectivity index (χ1) is 8.70. The zero-order chi connectivity index (χ0) is 13.0. The summed E-state index contributed by atoms with van der Waals surface area (Å²) in [6.07, 6.45) is 2.65. The molecule has 0 bridgehead atoms. The van der Waals surface area contributed by atoms with E-state index in [1.165, 1.54) is 36.1 Å². The molecule has 0 aliphatic carbocycles. The molecular weight excluding hydrogens is 220 g/mol. The summed E-state index contributed by atoms with van der Waals surface area (Å²) in [6, 6.07) is 7.58. The van der Waals surface area contributed by atoms with Gasteiger partial charge >= 0.3 is 0 Å². The summed E-state index contributed by atoms with van der Waals surface area (Å²) in [5.74, 6) is 0. The summed E-state index contributed by atoms with van der Waals surface area (Å²) in [6.45, 7) is 11.2. The van der Waals surface area contributed by atoms with E-state index in [9.17, 15) is 0 Å². The van der Waals surface area contributed by atoms with Gasteiger partial charge in [0.1, 0.15) is 0 Å². The molecule has 1 aromatic rings. The molecule has 0 spiro atoms. The van der Waals surface area contributed by atoms with E-state index in [0.717, 1.165) is 19.6 Å². The molecule has 0 saturated carbocycles. The molecule has 1 saturated heterocycles. The first-order valence-corrected chi connectivity index (χ1v) is 7.21. The predicted molar refractivity (Wildman–Crippen MR) is 77.9 cm³/mol.